The van der Waals surface area contributed by atoms with Gasteiger partial charge in [-0.05, 0) is 62.5 Å². The second-order valence-corrected chi connectivity index (χ2v) is 7.03. The number of hydrogen-bond donors (Lipinski definition) is 2. The molecule has 0 aliphatic carbocycles. The third kappa shape index (κ3) is 5.80. The molecule has 3 aromatic rings. The minimum atomic E-state index is -0.332. The molecule has 3 rings (SSSR count). The number of nitrogens with one attached hydrogen (secondary N) is 2. The predicted molar refractivity (Wildman–Crippen MR) is 113 cm³/mol. The maximum atomic E-state index is 12.5. The summed E-state index contributed by atoms with van der Waals surface area (Å²) in [6.07, 6.45) is 2.30. The summed E-state index contributed by atoms with van der Waals surface area (Å²) < 4.78 is 5.07. The van der Waals surface area contributed by atoms with Crippen LogP contribution in [0.5, 0.6) is 0 Å². The summed E-state index contributed by atoms with van der Waals surface area (Å²) in [6, 6.07) is 20.4. The Balaban J connectivity index is 1.55. The molecule has 1 heterocycles. The number of hydrogen-bond acceptors (Lipinski definition) is 4. The molecule has 2 amide bonds. The number of anilines is 1. The number of carbonyl (C=O) groups excluding carboxylic acids is 2. The van der Waals surface area contributed by atoms with Gasteiger partial charge in [-0.2, -0.15) is 0 Å². The lowest BCUT2D eigenvalue weighted by Crippen LogP contribution is -2.41. The Labute approximate surface area is 170 Å². The summed E-state index contributed by atoms with van der Waals surface area (Å²) in [5.74, 6) is -0.240. The van der Waals surface area contributed by atoms with Gasteiger partial charge in [0.25, 0.3) is 11.8 Å². The van der Waals surface area contributed by atoms with Crippen molar-refractivity contribution in [3.63, 3.8) is 0 Å². The van der Waals surface area contributed by atoms with Crippen molar-refractivity contribution in [2.24, 2.45) is 0 Å². The van der Waals surface area contributed by atoms with Crippen LogP contribution in [-0.2, 0) is 6.42 Å². The molecule has 0 radical (unpaired) electrons. The van der Waals surface area contributed by atoms with Crippen LogP contribution in [0.25, 0.3) is 0 Å². The van der Waals surface area contributed by atoms with Crippen LogP contribution in [0.15, 0.2) is 77.4 Å². The van der Waals surface area contributed by atoms with E-state index in [1.165, 1.54) is 11.8 Å². The van der Waals surface area contributed by atoms with Crippen LogP contribution in [0, 0.1) is 0 Å². The highest BCUT2D eigenvalue weighted by molar-refractivity contribution is 6.02. The van der Waals surface area contributed by atoms with Gasteiger partial charge < -0.3 is 20.0 Å². The molecule has 2 aromatic carbocycles. The van der Waals surface area contributed by atoms with Crippen LogP contribution in [0.3, 0.4) is 0 Å². The van der Waals surface area contributed by atoms with Crippen LogP contribution in [0.1, 0.15) is 26.5 Å². The molecule has 0 saturated carbocycles. The Kier molecular flexibility index (Phi) is 6.81. The Morgan fingerprint density at radius 3 is 2.28 bits per heavy atom. The quantitative estimate of drug-likeness (QED) is 0.617. The Morgan fingerprint density at radius 2 is 1.66 bits per heavy atom. The van der Waals surface area contributed by atoms with Crippen molar-refractivity contribution < 1.29 is 14.0 Å². The van der Waals surface area contributed by atoms with Crippen LogP contribution < -0.4 is 10.6 Å². The fraction of sp³-hybridized carbons (Fsp3) is 0.217. The number of benzene rings is 2. The van der Waals surface area contributed by atoms with E-state index in [-0.39, 0.29) is 23.6 Å². The number of furan rings is 1. The standard InChI is InChI=1S/C23H25N3O3/c1-26(2)20(15-17-7-4-3-5-8-17)16-24-22(27)18-10-12-19(13-11-18)25-23(28)21-9-6-14-29-21/h3-14,20H,15-16H2,1-2H3,(H,24,27)(H,25,28). The zero-order chi connectivity index (χ0) is 20.6. The predicted octanol–water partition coefficient (Wildman–Crippen LogP) is 3.43. The van der Waals surface area contributed by atoms with Gasteiger partial charge in [-0.3, -0.25) is 9.59 Å². The number of carbonyl (C=O) groups is 2. The first-order valence-corrected chi connectivity index (χ1v) is 9.46. The fourth-order valence-electron chi connectivity index (χ4n) is 2.94. The average Bonchev–Trinajstić information content (AvgIpc) is 3.27. The van der Waals surface area contributed by atoms with E-state index >= 15 is 0 Å². The van der Waals surface area contributed by atoms with Gasteiger partial charge >= 0.3 is 0 Å². The maximum Gasteiger partial charge on any atom is 0.291 e. The lowest BCUT2D eigenvalue weighted by Gasteiger charge is -2.24. The molecular formula is C23H25N3O3. The van der Waals surface area contributed by atoms with E-state index in [1.54, 1.807) is 36.4 Å². The molecule has 0 saturated heterocycles. The van der Waals surface area contributed by atoms with Gasteiger partial charge in [0.05, 0.1) is 6.26 Å². The molecule has 6 heteroatoms. The highest BCUT2D eigenvalue weighted by atomic mass is 16.3. The molecule has 0 bridgehead atoms. The van der Waals surface area contributed by atoms with Crippen LogP contribution in [0.4, 0.5) is 5.69 Å². The molecule has 0 spiro atoms. The van der Waals surface area contributed by atoms with Gasteiger partial charge in [0.15, 0.2) is 5.76 Å². The van der Waals surface area contributed by atoms with Crippen molar-refractivity contribution in [2.75, 3.05) is 26.0 Å². The normalized spacial score (nSPS) is 11.8. The number of rotatable bonds is 8. The highest BCUT2D eigenvalue weighted by Gasteiger charge is 2.15. The molecule has 0 fully saturated rings. The lowest BCUT2D eigenvalue weighted by atomic mass is 10.0. The SMILES string of the molecule is CN(C)C(CNC(=O)c1ccc(NC(=O)c2ccco2)cc1)Cc1ccccc1. The molecule has 29 heavy (non-hydrogen) atoms. The first-order chi connectivity index (χ1) is 14.0. The fourth-order valence-corrected chi connectivity index (χ4v) is 2.94. The van der Waals surface area contributed by atoms with E-state index in [9.17, 15) is 9.59 Å². The Hall–Kier alpha value is -3.38. The van der Waals surface area contributed by atoms with E-state index in [1.807, 2.05) is 32.3 Å². The van der Waals surface area contributed by atoms with Crippen LogP contribution >= 0.6 is 0 Å². The second-order valence-electron chi connectivity index (χ2n) is 7.03. The van der Waals surface area contributed by atoms with Crippen molar-refractivity contribution in [1.82, 2.24) is 10.2 Å². The van der Waals surface area contributed by atoms with Crippen LogP contribution in [-0.4, -0.2) is 43.4 Å². The van der Waals surface area contributed by atoms with E-state index in [2.05, 4.69) is 27.7 Å². The molecule has 150 valence electrons. The molecule has 0 aliphatic heterocycles. The minimum absolute atomic E-state index is 0.145. The van der Waals surface area contributed by atoms with Crippen molar-refractivity contribution >= 4 is 17.5 Å². The first-order valence-electron chi connectivity index (χ1n) is 9.46. The van der Waals surface area contributed by atoms with Gasteiger partial charge in [0.2, 0.25) is 0 Å². The van der Waals surface area contributed by atoms with Gasteiger partial charge in [-0.15, -0.1) is 0 Å². The highest BCUT2D eigenvalue weighted by Crippen LogP contribution is 2.12. The molecule has 1 unspecified atom stereocenters. The number of nitrogens with zero attached hydrogens (tertiary/aromatic N) is 1. The number of amides is 2. The smallest absolute Gasteiger partial charge is 0.291 e. The monoisotopic (exact) mass is 391 g/mol. The molecular weight excluding hydrogens is 366 g/mol. The molecule has 1 aromatic heterocycles. The van der Waals surface area contributed by atoms with Crippen molar-refractivity contribution in [2.45, 2.75) is 12.5 Å². The second kappa shape index (κ2) is 9.71. The Morgan fingerprint density at radius 1 is 0.931 bits per heavy atom. The zero-order valence-corrected chi connectivity index (χ0v) is 16.6. The molecule has 2 N–H and O–H groups in total. The van der Waals surface area contributed by atoms with E-state index in [0.717, 1.165) is 6.42 Å². The van der Waals surface area contributed by atoms with Crippen molar-refractivity contribution in [3.8, 4) is 0 Å². The summed E-state index contributed by atoms with van der Waals surface area (Å²) in [5.41, 5.74) is 2.37. The van der Waals surface area contributed by atoms with Gasteiger partial charge in [0.1, 0.15) is 0 Å². The minimum Gasteiger partial charge on any atom is -0.459 e. The van der Waals surface area contributed by atoms with E-state index < -0.39 is 0 Å². The summed E-state index contributed by atoms with van der Waals surface area (Å²) in [5, 5.41) is 5.73. The summed E-state index contributed by atoms with van der Waals surface area (Å²) in [4.78, 5) is 26.6. The maximum absolute atomic E-state index is 12.5. The van der Waals surface area contributed by atoms with Gasteiger partial charge in [-0.25, -0.2) is 0 Å². The topological polar surface area (TPSA) is 74.6 Å². The molecule has 6 nitrogen and oxygen atoms in total. The Bertz CT molecular complexity index is 920. The zero-order valence-electron chi connectivity index (χ0n) is 16.6. The van der Waals surface area contributed by atoms with E-state index in [4.69, 9.17) is 4.42 Å². The summed E-state index contributed by atoms with van der Waals surface area (Å²) >= 11 is 0. The largest absolute Gasteiger partial charge is 0.459 e. The molecule has 1 atom stereocenters. The number of likely N-dealkylation sites (N-methyl/N-ethyl adjacent to an activating group) is 1. The third-order valence-corrected chi connectivity index (χ3v) is 4.69. The van der Waals surface area contributed by atoms with Crippen LogP contribution in [0.2, 0.25) is 0 Å². The van der Waals surface area contributed by atoms with E-state index in [0.29, 0.717) is 17.8 Å². The molecule has 0 aliphatic rings. The van der Waals surface area contributed by atoms with Crippen molar-refractivity contribution in [3.05, 3.63) is 89.9 Å². The van der Waals surface area contributed by atoms with Crippen molar-refractivity contribution in [1.29, 1.82) is 0 Å². The summed E-state index contributed by atoms with van der Waals surface area (Å²) in [6.45, 7) is 0.539. The summed E-state index contributed by atoms with van der Waals surface area (Å²) in [7, 11) is 4.02. The van der Waals surface area contributed by atoms with Gasteiger partial charge in [-0.1, -0.05) is 30.3 Å². The van der Waals surface area contributed by atoms with Gasteiger partial charge in [0, 0.05) is 23.8 Å². The lowest BCUT2D eigenvalue weighted by molar-refractivity contribution is 0.0941. The third-order valence-electron chi connectivity index (χ3n) is 4.69. The first kappa shape index (κ1) is 20.4. The average molecular weight is 391 g/mol.